The molecule has 5 heteroatoms. The molecule has 1 aromatic carbocycles. The van der Waals surface area contributed by atoms with Gasteiger partial charge in [-0.05, 0) is 47.0 Å². The van der Waals surface area contributed by atoms with Crippen LogP contribution < -0.4 is 5.32 Å². The largest absolute Gasteiger partial charge is 0.507 e. The number of rotatable bonds is 3. The summed E-state index contributed by atoms with van der Waals surface area (Å²) < 4.78 is 0.593. The second kappa shape index (κ2) is 5.61. The van der Waals surface area contributed by atoms with Crippen LogP contribution in [0.25, 0.3) is 0 Å². The molecule has 18 heavy (non-hydrogen) atoms. The molecular formula is C13H15Br2NO2. The molecule has 0 spiro atoms. The molecule has 98 valence electrons. The van der Waals surface area contributed by atoms with E-state index < -0.39 is 0 Å². The van der Waals surface area contributed by atoms with Gasteiger partial charge in [0.15, 0.2) is 0 Å². The summed E-state index contributed by atoms with van der Waals surface area (Å²) in [6.07, 6.45) is 4.31. The van der Waals surface area contributed by atoms with Crippen LogP contribution in [-0.2, 0) is 0 Å². The van der Waals surface area contributed by atoms with E-state index in [2.05, 4.69) is 37.2 Å². The average molecular weight is 377 g/mol. The second-order valence-corrected chi connectivity index (χ2v) is 6.16. The summed E-state index contributed by atoms with van der Waals surface area (Å²) in [6.45, 7) is 0. The number of hydrogen-bond donors (Lipinski definition) is 2. The number of alkyl halides is 1. The molecule has 1 aliphatic carbocycles. The van der Waals surface area contributed by atoms with Crippen molar-refractivity contribution in [1.29, 1.82) is 0 Å². The quantitative estimate of drug-likeness (QED) is 0.792. The number of phenols is 1. The van der Waals surface area contributed by atoms with Crippen molar-refractivity contribution in [3.8, 4) is 5.75 Å². The number of amides is 1. The molecule has 1 aliphatic rings. The van der Waals surface area contributed by atoms with Crippen LogP contribution in [0.3, 0.4) is 0 Å². The van der Waals surface area contributed by atoms with E-state index in [1.165, 1.54) is 6.07 Å². The number of hydrogen-bond acceptors (Lipinski definition) is 2. The molecule has 0 atom stereocenters. The summed E-state index contributed by atoms with van der Waals surface area (Å²) in [5.74, 6) is -0.0406. The summed E-state index contributed by atoms with van der Waals surface area (Å²) in [5, 5.41) is 13.5. The maximum Gasteiger partial charge on any atom is 0.251 e. The van der Waals surface area contributed by atoms with E-state index in [9.17, 15) is 9.90 Å². The first-order chi connectivity index (χ1) is 8.56. The zero-order chi connectivity index (χ0) is 13.2. The van der Waals surface area contributed by atoms with Crippen LogP contribution in [0.2, 0.25) is 0 Å². The zero-order valence-electron chi connectivity index (χ0n) is 9.88. The highest BCUT2D eigenvalue weighted by molar-refractivity contribution is 9.10. The predicted molar refractivity (Wildman–Crippen MR) is 78.3 cm³/mol. The number of aromatic hydroxyl groups is 1. The standard InChI is InChI=1S/C13H15Br2NO2/c14-8-13(5-1-2-6-13)16-12(18)9-3-4-10(15)11(17)7-9/h3-4,7,17H,1-2,5-6,8H2,(H,16,18). The number of benzene rings is 1. The first-order valence-corrected chi connectivity index (χ1v) is 7.85. The van der Waals surface area contributed by atoms with Gasteiger partial charge in [-0.25, -0.2) is 0 Å². The van der Waals surface area contributed by atoms with Gasteiger partial charge in [0.25, 0.3) is 5.91 Å². The van der Waals surface area contributed by atoms with Crippen LogP contribution in [-0.4, -0.2) is 21.9 Å². The summed E-state index contributed by atoms with van der Waals surface area (Å²) in [5.41, 5.74) is 0.364. The van der Waals surface area contributed by atoms with Crippen molar-refractivity contribution >= 4 is 37.8 Å². The number of nitrogens with one attached hydrogen (secondary N) is 1. The van der Waals surface area contributed by atoms with Gasteiger partial charge in [0, 0.05) is 10.9 Å². The maximum atomic E-state index is 12.2. The van der Waals surface area contributed by atoms with Crippen molar-refractivity contribution in [2.75, 3.05) is 5.33 Å². The smallest absolute Gasteiger partial charge is 0.251 e. The number of halogens is 2. The minimum Gasteiger partial charge on any atom is -0.507 e. The van der Waals surface area contributed by atoms with Gasteiger partial charge in [0.2, 0.25) is 0 Å². The van der Waals surface area contributed by atoms with Gasteiger partial charge >= 0.3 is 0 Å². The molecule has 0 aromatic heterocycles. The number of carbonyl (C=O) groups is 1. The summed E-state index contributed by atoms with van der Waals surface area (Å²) in [6, 6.07) is 4.87. The lowest BCUT2D eigenvalue weighted by Gasteiger charge is -2.28. The van der Waals surface area contributed by atoms with E-state index in [0.717, 1.165) is 31.0 Å². The molecule has 0 radical (unpaired) electrons. The van der Waals surface area contributed by atoms with Gasteiger partial charge in [0.05, 0.1) is 10.0 Å². The summed E-state index contributed by atoms with van der Waals surface area (Å²) >= 11 is 6.69. The molecular weight excluding hydrogens is 362 g/mol. The Morgan fingerprint density at radius 2 is 2.06 bits per heavy atom. The fourth-order valence-corrected chi connectivity index (χ4v) is 3.26. The first-order valence-electron chi connectivity index (χ1n) is 5.93. The molecule has 3 nitrogen and oxygen atoms in total. The van der Waals surface area contributed by atoms with Crippen molar-refractivity contribution in [2.45, 2.75) is 31.2 Å². The Kier molecular flexibility index (Phi) is 4.33. The maximum absolute atomic E-state index is 12.2. The van der Waals surface area contributed by atoms with E-state index in [0.29, 0.717) is 10.0 Å². The van der Waals surface area contributed by atoms with Crippen LogP contribution in [0.15, 0.2) is 22.7 Å². The number of carbonyl (C=O) groups excluding carboxylic acids is 1. The molecule has 1 saturated carbocycles. The van der Waals surface area contributed by atoms with Crippen LogP contribution >= 0.6 is 31.9 Å². The topological polar surface area (TPSA) is 49.3 Å². The fourth-order valence-electron chi connectivity index (χ4n) is 2.31. The third-order valence-corrected chi connectivity index (χ3v) is 5.15. The van der Waals surface area contributed by atoms with E-state index >= 15 is 0 Å². The van der Waals surface area contributed by atoms with Crippen molar-refractivity contribution in [1.82, 2.24) is 5.32 Å². The molecule has 1 amide bonds. The Balaban J connectivity index is 2.13. The SMILES string of the molecule is O=C(NC1(CBr)CCCC1)c1ccc(Br)c(O)c1. The highest BCUT2D eigenvalue weighted by Gasteiger charge is 2.34. The van der Waals surface area contributed by atoms with Gasteiger partial charge in [-0.1, -0.05) is 28.8 Å². The minimum atomic E-state index is -0.126. The van der Waals surface area contributed by atoms with Crippen molar-refractivity contribution in [3.05, 3.63) is 28.2 Å². The van der Waals surface area contributed by atoms with Crippen LogP contribution in [0, 0.1) is 0 Å². The lowest BCUT2D eigenvalue weighted by atomic mass is 10.00. The molecule has 1 aromatic rings. The van der Waals surface area contributed by atoms with Crippen LogP contribution in [0.1, 0.15) is 36.0 Å². The Hall–Kier alpha value is -0.550. The Labute approximate surface area is 123 Å². The van der Waals surface area contributed by atoms with E-state index in [1.807, 2.05) is 0 Å². The van der Waals surface area contributed by atoms with Gasteiger partial charge in [-0.15, -0.1) is 0 Å². The van der Waals surface area contributed by atoms with Gasteiger partial charge < -0.3 is 10.4 Å². The third kappa shape index (κ3) is 2.88. The Bertz CT molecular complexity index is 456. The van der Waals surface area contributed by atoms with Gasteiger partial charge in [0.1, 0.15) is 5.75 Å². The molecule has 2 rings (SSSR count). The monoisotopic (exact) mass is 375 g/mol. The van der Waals surface area contributed by atoms with Crippen molar-refractivity contribution in [3.63, 3.8) is 0 Å². The fraction of sp³-hybridized carbons (Fsp3) is 0.462. The molecule has 0 bridgehead atoms. The summed E-state index contributed by atoms with van der Waals surface area (Å²) in [4.78, 5) is 12.2. The normalized spacial score (nSPS) is 17.7. The van der Waals surface area contributed by atoms with E-state index in [-0.39, 0.29) is 17.2 Å². The highest BCUT2D eigenvalue weighted by Crippen LogP contribution is 2.32. The zero-order valence-corrected chi connectivity index (χ0v) is 13.1. The van der Waals surface area contributed by atoms with Crippen LogP contribution in [0.5, 0.6) is 5.75 Å². The predicted octanol–water partition coefficient (Wildman–Crippen LogP) is 3.59. The highest BCUT2D eigenvalue weighted by atomic mass is 79.9. The second-order valence-electron chi connectivity index (χ2n) is 4.74. The molecule has 1 fully saturated rings. The molecule has 0 unspecified atom stereocenters. The first kappa shape index (κ1) is 13.9. The molecule has 2 N–H and O–H groups in total. The third-order valence-electron chi connectivity index (χ3n) is 3.40. The Morgan fingerprint density at radius 1 is 1.39 bits per heavy atom. The van der Waals surface area contributed by atoms with E-state index in [4.69, 9.17) is 0 Å². The minimum absolute atomic E-state index is 0.0852. The Morgan fingerprint density at radius 3 is 2.61 bits per heavy atom. The van der Waals surface area contributed by atoms with Gasteiger partial charge in [-0.2, -0.15) is 0 Å². The van der Waals surface area contributed by atoms with Crippen LogP contribution in [0.4, 0.5) is 0 Å². The lowest BCUT2D eigenvalue weighted by Crippen LogP contribution is -2.47. The lowest BCUT2D eigenvalue weighted by molar-refractivity contribution is 0.0910. The number of phenolic OH excluding ortho intramolecular Hbond substituents is 1. The average Bonchev–Trinajstić information content (AvgIpc) is 2.82. The molecule has 0 aliphatic heterocycles. The van der Waals surface area contributed by atoms with E-state index in [1.54, 1.807) is 12.1 Å². The van der Waals surface area contributed by atoms with Crippen molar-refractivity contribution in [2.24, 2.45) is 0 Å². The molecule has 0 saturated heterocycles. The van der Waals surface area contributed by atoms with Crippen molar-refractivity contribution < 1.29 is 9.90 Å². The van der Waals surface area contributed by atoms with Gasteiger partial charge in [-0.3, -0.25) is 4.79 Å². The summed E-state index contributed by atoms with van der Waals surface area (Å²) in [7, 11) is 0. The molecule has 0 heterocycles.